The number of hydrogen-bond acceptors (Lipinski definition) is 5. The number of unbranched alkanes of at least 4 members (excludes halogenated alkanes) is 48. The number of ether oxygens (including phenoxy) is 1. The van der Waals surface area contributed by atoms with Gasteiger partial charge < -0.3 is 20.3 Å². The molecule has 0 aromatic carbocycles. The van der Waals surface area contributed by atoms with Gasteiger partial charge in [-0.3, -0.25) is 9.59 Å². The standard InChI is InChI=1S/C66H127NO5/c1-3-5-7-9-11-13-15-17-19-21-23-24-25-26-27-28-30-31-33-35-38-42-46-50-54-58-64(69)63(62-68)67-65(70)59-55-51-47-43-39-37-41-45-49-53-57-61-72-66(71)60-56-52-48-44-40-36-34-32-29-22-20-18-16-14-12-10-8-6-4-2/h18,20,54,58,63-64,68-69H,3-17,19,21-53,55-57,59-62H2,1-2H3,(H,67,70)/b20-18-,58-54+. The van der Waals surface area contributed by atoms with Gasteiger partial charge in [0.15, 0.2) is 0 Å². The van der Waals surface area contributed by atoms with E-state index in [1.807, 2.05) is 6.08 Å². The molecule has 0 saturated carbocycles. The van der Waals surface area contributed by atoms with Crippen molar-refractivity contribution in [3.05, 3.63) is 24.3 Å². The van der Waals surface area contributed by atoms with E-state index in [0.717, 1.165) is 57.8 Å². The Morgan fingerprint density at radius 2 is 0.653 bits per heavy atom. The maximum absolute atomic E-state index is 12.5. The van der Waals surface area contributed by atoms with Gasteiger partial charge in [0.25, 0.3) is 0 Å². The molecule has 0 aliphatic carbocycles. The van der Waals surface area contributed by atoms with Crippen LogP contribution in [0.15, 0.2) is 24.3 Å². The number of aliphatic hydroxyl groups is 2. The zero-order valence-electron chi connectivity index (χ0n) is 48.7. The molecule has 0 aromatic rings. The molecule has 1 amide bonds. The van der Waals surface area contributed by atoms with E-state index in [1.165, 1.54) is 276 Å². The third kappa shape index (κ3) is 57.6. The Labute approximate surface area is 450 Å². The lowest BCUT2D eigenvalue weighted by molar-refractivity contribution is -0.143. The normalized spacial score (nSPS) is 12.7. The Morgan fingerprint density at radius 3 is 0.986 bits per heavy atom. The number of esters is 1. The number of allylic oxidation sites excluding steroid dienone is 3. The van der Waals surface area contributed by atoms with Gasteiger partial charge in [0.2, 0.25) is 5.91 Å². The fourth-order valence-corrected chi connectivity index (χ4v) is 10.2. The quantitative estimate of drug-likeness (QED) is 0.0320. The summed E-state index contributed by atoms with van der Waals surface area (Å²) in [7, 11) is 0. The molecule has 0 radical (unpaired) electrons. The monoisotopic (exact) mass is 1010 g/mol. The van der Waals surface area contributed by atoms with Crippen molar-refractivity contribution in [2.45, 2.75) is 373 Å². The van der Waals surface area contributed by atoms with Crippen molar-refractivity contribution in [1.29, 1.82) is 0 Å². The van der Waals surface area contributed by atoms with E-state index in [1.54, 1.807) is 6.08 Å². The van der Waals surface area contributed by atoms with Crippen molar-refractivity contribution in [2.24, 2.45) is 0 Å². The molecule has 0 spiro atoms. The van der Waals surface area contributed by atoms with Crippen molar-refractivity contribution < 1.29 is 24.5 Å². The van der Waals surface area contributed by atoms with Crippen LogP contribution in [0.25, 0.3) is 0 Å². The molecule has 0 saturated heterocycles. The summed E-state index contributed by atoms with van der Waals surface area (Å²) in [5.74, 6) is -0.0974. The molecular weight excluding hydrogens is 887 g/mol. The van der Waals surface area contributed by atoms with Crippen LogP contribution in [-0.2, 0) is 14.3 Å². The van der Waals surface area contributed by atoms with Gasteiger partial charge in [-0.1, -0.05) is 314 Å². The highest BCUT2D eigenvalue weighted by Crippen LogP contribution is 2.18. The smallest absolute Gasteiger partial charge is 0.305 e. The van der Waals surface area contributed by atoms with Crippen molar-refractivity contribution in [2.75, 3.05) is 13.2 Å². The van der Waals surface area contributed by atoms with E-state index in [4.69, 9.17) is 4.74 Å². The van der Waals surface area contributed by atoms with Gasteiger partial charge in [0.05, 0.1) is 25.4 Å². The summed E-state index contributed by atoms with van der Waals surface area (Å²) in [6.45, 7) is 4.89. The molecule has 3 N–H and O–H groups in total. The van der Waals surface area contributed by atoms with E-state index in [-0.39, 0.29) is 18.5 Å². The second-order valence-electron chi connectivity index (χ2n) is 22.5. The Morgan fingerprint density at radius 1 is 0.375 bits per heavy atom. The minimum Gasteiger partial charge on any atom is -0.466 e. The molecule has 2 atom stereocenters. The van der Waals surface area contributed by atoms with E-state index >= 15 is 0 Å². The maximum atomic E-state index is 12.5. The molecule has 0 fully saturated rings. The minimum atomic E-state index is -0.858. The van der Waals surface area contributed by atoms with E-state index in [0.29, 0.717) is 19.4 Å². The van der Waals surface area contributed by atoms with Crippen molar-refractivity contribution in [3.8, 4) is 0 Å². The number of carbonyl (C=O) groups is 2. The van der Waals surface area contributed by atoms with Crippen LogP contribution >= 0.6 is 0 Å². The molecule has 0 aliphatic heterocycles. The first kappa shape index (κ1) is 70.3. The van der Waals surface area contributed by atoms with Crippen LogP contribution in [0.4, 0.5) is 0 Å². The van der Waals surface area contributed by atoms with Crippen LogP contribution in [-0.4, -0.2) is 47.4 Å². The van der Waals surface area contributed by atoms with Gasteiger partial charge in [0.1, 0.15) is 0 Å². The Bertz CT molecular complexity index is 1120. The number of hydrogen-bond donors (Lipinski definition) is 3. The predicted octanol–water partition coefficient (Wildman–Crippen LogP) is 20.6. The zero-order valence-corrected chi connectivity index (χ0v) is 48.7. The molecule has 0 bridgehead atoms. The second kappa shape index (κ2) is 61.9. The first-order chi connectivity index (χ1) is 35.5. The van der Waals surface area contributed by atoms with Gasteiger partial charge in [-0.15, -0.1) is 0 Å². The average molecular weight is 1010 g/mol. The molecule has 0 heterocycles. The predicted molar refractivity (Wildman–Crippen MR) is 315 cm³/mol. The SMILES string of the molecule is CCCCCCCC/C=C\CCCCCCCCCCCC(=O)OCCCCCCCCCCCCCC(=O)NC(CO)C(O)/C=C/CCCCCCCCCCCCCCCCCCCCCCCCC. The summed E-state index contributed by atoms with van der Waals surface area (Å²) in [5, 5.41) is 23.2. The number of aliphatic hydroxyl groups excluding tert-OH is 2. The van der Waals surface area contributed by atoms with Crippen LogP contribution in [0.5, 0.6) is 0 Å². The Balaban J connectivity index is 3.47. The third-order valence-electron chi connectivity index (χ3n) is 15.2. The molecule has 6 nitrogen and oxygen atoms in total. The van der Waals surface area contributed by atoms with E-state index < -0.39 is 12.1 Å². The van der Waals surface area contributed by atoms with Crippen LogP contribution in [0.1, 0.15) is 361 Å². The Kier molecular flexibility index (Phi) is 60.5. The van der Waals surface area contributed by atoms with Crippen molar-refractivity contribution >= 4 is 11.9 Å². The fraction of sp³-hybridized carbons (Fsp3) is 0.909. The highest BCUT2D eigenvalue weighted by Gasteiger charge is 2.18. The summed E-state index contributed by atoms with van der Waals surface area (Å²) in [5.41, 5.74) is 0. The van der Waals surface area contributed by atoms with Gasteiger partial charge >= 0.3 is 5.97 Å². The molecule has 426 valence electrons. The highest BCUT2D eigenvalue weighted by molar-refractivity contribution is 5.76. The van der Waals surface area contributed by atoms with E-state index in [9.17, 15) is 19.8 Å². The first-order valence-electron chi connectivity index (χ1n) is 32.6. The summed E-state index contributed by atoms with van der Waals surface area (Å²) >= 11 is 0. The fourth-order valence-electron chi connectivity index (χ4n) is 10.2. The highest BCUT2D eigenvalue weighted by atomic mass is 16.5. The second-order valence-corrected chi connectivity index (χ2v) is 22.5. The number of rotatable bonds is 61. The maximum Gasteiger partial charge on any atom is 0.305 e. The van der Waals surface area contributed by atoms with Crippen LogP contribution in [0, 0.1) is 0 Å². The first-order valence-corrected chi connectivity index (χ1v) is 32.6. The molecule has 0 aliphatic rings. The number of amides is 1. The largest absolute Gasteiger partial charge is 0.466 e. The Hall–Kier alpha value is -1.66. The van der Waals surface area contributed by atoms with Crippen LogP contribution in [0.2, 0.25) is 0 Å². The number of carbonyl (C=O) groups excluding carboxylic acids is 2. The zero-order chi connectivity index (χ0) is 52.2. The van der Waals surface area contributed by atoms with Gasteiger partial charge in [0, 0.05) is 12.8 Å². The summed E-state index contributed by atoms with van der Waals surface area (Å²) in [4.78, 5) is 24.6. The van der Waals surface area contributed by atoms with Crippen molar-refractivity contribution in [3.63, 3.8) is 0 Å². The summed E-state index contributed by atoms with van der Waals surface area (Å²) < 4.78 is 5.49. The van der Waals surface area contributed by atoms with Gasteiger partial charge in [-0.2, -0.15) is 0 Å². The molecule has 6 heteroatoms. The molecule has 2 unspecified atom stereocenters. The minimum absolute atomic E-state index is 0.0146. The van der Waals surface area contributed by atoms with Gasteiger partial charge in [-0.05, 0) is 57.8 Å². The summed E-state index contributed by atoms with van der Waals surface area (Å²) in [6.07, 6.45) is 76.5. The average Bonchev–Trinajstić information content (AvgIpc) is 3.38. The summed E-state index contributed by atoms with van der Waals surface area (Å²) in [6, 6.07) is -0.643. The van der Waals surface area contributed by atoms with Gasteiger partial charge in [-0.25, -0.2) is 0 Å². The van der Waals surface area contributed by atoms with Crippen molar-refractivity contribution in [1.82, 2.24) is 5.32 Å². The molecular formula is C66H127NO5. The molecule has 72 heavy (non-hydrogen) atoms. The van der Waals surface area contributed by atoms with Crippen LogP contribution < -0.4 is 5.32 Å². The topological polar surface area (TPSA) is 95.9 Å². The third-order valence-corrected chi connectivity index (χ3v) is 15.2. The molecule has 0 aromatic heterocycles. The van der Waals surface area contributed by atoms with E-state index in [2.05, 4.69) is 31.3 Å². The molecule has 0 rings (SSSR count). The number of nitrogens with one attached hydrogen (secondary N) is 1. The lowest BCUT2D eigenvalue weighted by atomic mass is 10.0. The van der Waals surface area contributed by atoms with Crippen LogP contribution in [0.3, 0.4) is 0 Å². The lowest BCUT2D eigenvalue weighted by Crippen LogP contribution is -2.45. The lowest BCUT2D eigenvalue weighted by Gasteiger charge is -2.20.